The molecule has 3 aromatic rings. The van der Waals surface area contributed by atoms with Gasteiger partial charge in [-0.15, -0.1) is 21.5 Å². The number of benzene rings is 1. The first-order chi connectivity index (χ1) is 14.1. The van der Waals surface area contributed by atoms with Crippen LogP contribution in [0.15, 0.2) is 40.9 Å². The molecule has 10 heteroatoms. The van der Waals surface area contributed by atoms with Gasteiger partial charge in [-0.2, -0.15) is 0 Å². The summed E-state index contributed by atoms with van der Waals surface area (Å²) < 4.78 is 21.7. The number of carbonyl (C=O) groups is 1. The molecule has 1 unspecified atom stereocenters. The van der Waals surface area contributed by atoms with Crippen molar-refractivity contribution in [3.63, 3.8) is 0 Å². The Kier molecular flexibility index (Phi) is 6.49. The van der Waals surface area contributed by atoms with E-state index >= 15 is 0 Å². The van der Waals surface area contributed by atoms with Gasteiger partial charge in [0.2, 0.25) is 5.91 Å². The van der Waals surface area contributed by atoms with Crippen molar-refractivity contribution in [1.82, 2.24) is 14.8 Å². The van der Waals surface area contributed by atoms with Crippen LogP contribution >= 0.6 is 34.7 Å². The fourth-order valence-electron chi connectivity index (χ4n) is 3.05. The van der Waals surface area contributed by atoms with Crippen LogP contribution in [0.25, 0.3) is 10.7 Å². The number of thiophene rings is 1. The number of carbonyl (C=O) groups excluding carboxylic acids is 1. The van der Waals surface area contributed by atoms with Crippen molar-refractivity contribution in [2.24, 2.45) is 0 Å². The van der Waals surface area contributed by atoms with Gasteiger partial charge in [-0.1, -0.05) is 29.4 Å². The summed E-state index contributed by atoms with van der Waals surface area (Å²) >= 11 is 8.59. The molecule has 0 bridgehead atoms. The predicted octanol–water partition coefficient (Wildman–Crippen LogP) is 4.71. The van der Waals surface area contributed by atoms with Crippen LogP contribution in [0.2, 0.25) is 5.02 Å². The molecule has 1 aliphatic heterocycles. The zero-order valence-electron chi connectivity index (χ0n) is 15.3. The first kappa shape index (κ1) is 20.3. The molecular weight excluding hydrogens is 435 g/mol. The molecule has 1 aromatic carbocycles. The predicted molar refractivity (Wildman–Crippen MR) is 113 cm³/mol. The van der Waals surface area contributed by atoms with Gasteiger partial charge >= 0.3 is 0 Å². The standard InChI is InChI=1S/C19H18ClFN4O2S2/c20-12-5-6-15(14(21)9-12)22-17(26)11-29-19-24-23-18(16-4-2-8-28-16)25(19)10-13-3-1-7-27-13/h2,4-6,8-9,13H,1,3,7,10-11H2,(H,22,26). The highest BCUT2D eigenvalue weighted by Gasteiger charge is 2.22. The highest BCUT2D eigenvalue weighted by molar-refractivity contribution is 7.99. The second-order valence-electron chi connectivity index (χ2n) is 6.49. The first-order valence-electron chi connectivity index (χ1n) is 9.06. The summed E-state index contributed by atoms with van der Waals surface area (Å²) in [5, 5.41) is 14.1. The molecule has 0 spiro atoms. The molecule has 0 aliphatic carbocycles. The zero-order chi connectivity index (χ0) is 20.2. The van der Waals surface area contributed by atoms with Crippen molar-refractivity contribution in [2.45, 2.75) is 30.6 Å². The molecule has 4 rings (SSSR count). The molecule has 3 heterocycles. The number of ether oxygens (including phenoxy) is 1. The molecule has 6 nitrogen and oxygen atoms in total. The third kappa shape index (κ3) is 4.98. The maximum atomic E-state index is 13.9. The van der Waals surface area contributed by atoms with Crippen molar-refractivity contribution in [3.8, 4) is 10.7 Å². The number of amides is 1. The lowest BCUT2D eigenvalue weighted by Crippen LogP contribution is -2.18. The second-order valence-corrected chi connectivity index (χ2v) is 8.82. The van der Waals surface area contributed by atoms with Crippen LogP contribution in [-0.2, 0) is 16.1 Å². The summed E-state index contributed by atoms with van der Waals surface area (Å²) in [6, 6.07) is 8.08. The molecule has 0 radical (unpaired) electrons. The van der Waals surface area contributed by atoms with Crippen molar-refractivity contribution < 1.29 is 13.9 Å². The number of hydrogen-bond acceptors (Lipinski definition) is 6. The SMILES string of the molecule is O=C(CSc1nnc(-c2cccs2)n1CC1CCCO1)Nc1ccc(Cl)cc1F. The van der Waals surface area contributed by atoms with Crippen LogP contribution in [0, 0.1) is 5.82 Å². The minimum atomic E-state index is -0.572. The number of rotatable bonds is 7. The molecule has 1 aliphatic rings. The summed E-state index contributed by atoms with van der Waals surface area (Å²) in [7, 11) is 0. The number of halogens is 2. The van der Waals surface area contributed by atoms with Crippen molar-refractivity contribution in [3.05, 3.63) is 46.6 Å². The lowest BCUT2D eigenvalue weighted by atomic mass is 10.2. The molecule has 2 aromatic heterocycles. The normalized spacial score (nSPS) is 16.3. The third-order valence-corrected chi connectivity index (χ3v) is 6.47. The Bertz CT molecular complexity index is 990. The summed E-state index contributed by atoms with van der Waals surface area (Å²) in [5.74, 6) is -0.0593. The van der Waals surface area contributed by atoms with E-state index < -0.39 is 5.82 Å². The molecule has 152 valence electrons. The lowest BCUT2D eigenvalue weighted by Gasteiger charge is -2.14. The molecule has 1 amide bonds. The Labute approximate surface area is 180 Å². The summed E-state index contributed by atoms with van der Waals surface area (Å²) in [6.07, 6.45) is 2.14. The number of anilines is 1. The van der Waals surface area contributed by atoms with Gasteiger partial charge in [0.05, 0.1) is 29.0 Å². The number of nitrogens with one attached hydrogen (secondary N) is 1. The van der Waals surface area contributed by atoms with E-state index in [0.717, 1.165) is 36.2 Å². The number of hydrogen-bond donors (Lipinski definition) is 1. The van der Waals surface area contributed by atoms with Gasteiger partial charge in [-0.05, 0) is 42.5 Å². The molecule has 1 N–H and O–H groups in total. The lowest BCUT2D eigenvalue weighted by molar-refractivity contribution is -0.113. The van der Waals surface area contributed by atoms with Gasteiger partial charge in [0.15, 0.2) is 11.0 Å². The van der Waals surface area contributed by atoms with Gasteiger partial charge in [-0.25, -0.2) is 4.39 Å². The summed E-state index contributed by atoms with van der Waals surface area (Å²) in [4.78, 5) is 13.3. The highest BCUT2D eigenvalue weighted by Crippen LogP contribution is 2.29. The van der Waals surface area contributed by atoms with Gasteiger partial charge < -0.3 is 10.1 Å². The Balaban J connectivity index is 1.46. The fraction of sp³-hybridized carbons (Fsp3) is 0.316. The van der Waals surface area contributed by atoms with Crippen LogP contribution in [0.1, 0.15) is 12.8 Å². The summed E-state index contributed by atoms with van der Waals surface area (Å²) in [6.45, 7) is 1.40. The van der Waals surface area contributed by atoms with Crippen molar-refractivity contribution in [1.29, 1.82) is 0 Å². The van der Waals surface area contributed by atoms with E-state index in [1.54, 1.807) is 11.3 Å². The molecule has 29 heavy (non-hydrogen) atoms. The quantitative estimate of drug-likeness (QED) is 0.526. The van der Waals surface area contributed by atoms with Crippen LogP contribution < -0.4 is 5.32 Å². The second kappa shape index (κ2) is 9.25. The number of nitrogens with zero attached hydrogens (tertiary/aromatic N) is 3. The molecule has 0 saturated carbocycles. The highest BCUT2D eigenvalue weighted by atomic mass is 35.5. The Hall–Kier alpha value is -1.94. The van der Waals surface area contributed by atoms with Crippen LogP contribution in [0.4, 0.5) is 10.1 Å². The molecule has 1 saturated heterocycles. The zero-order valence-corrected chi connectivity index (χ0v) is 17.7. The number of thioether (sulfide) groups is 1. The topological polar surface area (TPSA) is 69.0 Å². The van der Waals surface area contributed by atoms with E-state index in [4.69, 9.17) is 16.3 Å². The average molecular weight is 453 g/mol. The maximum absolute atomic E-state index is 13.9. The molecular formula is C19H18ClFN4O2S2. The van der Waals surface area contributed by atoms with Crippen molar-refractivity contribution >= 4 is 46.3 Å². The van der Waals surface area contributed by atoms with Crippen LogP contribution in [0.5, 0.6) is 0 Å². The maximum Gasteiger partial charge on any atom is 0.234 e. The first-order valence-corrected chi connectivity index (χ1v) is 11.3. The molecule has 1 atom stereocenters. The average Bonchev–Trinajstić information content (AvgIpc) is 3.45. The molecule has 1 fully saturated rings. The van der Waals surface area contributed by atoms with Crippen LogP contribution in [0.3, 0.4) is 0 Å². The largest absolute Gasteiger partial charge is 0.376 e. The van der Waals surface area contributed by atoms with Gasteiger partial charge in [0.1, 0.15) is 5.82 Å². The minimum absolute atomic E-state index is 0.0795. The Morgan fingerprint density at radius 2 is 2.31 bits per heavy atom. The van der Waals surface area contributed by atoms with Crippen molar-refractivity contribution in [2.75, 3.05) is 17.7 Å². The summed E-state index contributed by atoms with van der Waals surface area (Å²) in [5.41, 5.74) is 0.0973. The Morgan fingerprint density at radius 3 is 3.03 bits per heavy atom. The van der Waals surface area contributed by atoms with Gasteiger partial charge in [-0.3, -0.25) is 9.36 Å². The van der Waals surface area contributed by atoms with E-state index in [2.05, 4.69) is 15.5 Å². The van der Waals surface area contributed by atoms with E-state index in [-0.39, 0.29) is 28.5 Å². The van der Waals surface area contributed by atoms with E-state index in [0.29, 0.717) is 11.7 Å². The number of aromatic nitrogens is 3. The Morgan fingerprint density at radius 1 is 1.41 bits per heavy atom. The minimum Gasteiger partial charge on any atom is -0.376 e. The van der Waals surface area contributed by atoms with Gasteiger partial charge in [0, 0.05) is 11.6 Å². The monoisotopic (exact) mass is 452 g/mol. The van der Waals surface area contributed by atoms with Gasteiger partial charge in [0.25, 0.3) is 0 Å². The van der Waals surface area contributed by atoms with E-state index in [1.165, 1.54) is 23.9 Å². The van der Waals surface area contributed by atoms with Crippen LogP contribution in [-0.4, -0.2) is 39.1 Å². The smallest absolute Gasteiger partial charge is 0.234 e. The fourth-order valence-corrected chi connectivity index (χ4v) is 4.67. The third-order valence-electron chi connectivity index (χ3n) is 4.41. The van der Waals surface area contributed by atoms with E-state index in [1.807, 2.05) is 22.1 Å². The van der Waals surface area contributed by atoms with E-state index in [9.17, 15) is 9.18 Å².